The minimum absolute atomic E-state index is 0.0442. The second-order valence-electron chi connectivity index (χ2n) is 4.45. The van der Waals surface area contributed by atoms with Crippen LogP contribution in [0.5, 0.6) is 0 Å². The quantitative estimate of drug-likeness (QED) is 0.754. The Morgan fingerprint density at radius 1 is 1.52 bits per heavy atom. The molecule has 0 radical (unpaired) electrons. The average molecular weight is 367 g/mol. The van der Waals surface area contributed by atoms with E-state index in [1.54, 1.807) is 0 Å². The van der Waals surface area contributed by atoms with Crippen LogP contribution in [0.3, 0.4) is 0 Å². The number of halogens is 4. The lowest BCUT2D eigenvalue weighted by Crippen LogP contribution is -2.27. The largest absolute Gasteiger partial charge is 0.469 e. The molecule has 0 aliphatic carbocycles. The molecule has 9 heteroatoms. The Bertz CT molecular complexity index is 592. The van der Waals surface area contributed by atoms with Crippen LogP contribution >= 0.6 is 15.9 Å². The van der Waals surface area contributed by atoms with Crippen LogP contribution in [0.1, 0.15) is 12.0 Å². The Hall–Kier alpha value is -1.64. The number of hydrogen-bond donors (Lipinski definition) is 0. The van der Waals surface area contributed by atoms with Gasteiger partial charge >= 0.3 is 12.1 Å². The molecule has 5 nitrogen and oxygen atoms in total. The van der Waals surface area contributed by atoms with Gasteiger partial charge in [-0.1, -0.05) is 0 Å². The molecule has 0 spiro atoms. The zero-order valence-corrected chi connectivity index (χ0v) is 12.4. The number of carbonyl (C=O) groups is 2. The number of amides is 1. The third kappa shape index (κ3) is 3.17. The van der Waals surface area contributed by atoms with Gasteiger partial charge in [-0.25, -0.2) is 4.98 Å². The lowest BCUT2D eigenvalue weighted by Gasteiger charge is -2.17. The molecule has 0 bridgehead atoms. The third-order valence-corrected chi connectivity index (χ3v) is 3.71. The highest BCUT2D eigenvalue weighted by molar-refractivity contribution is 9.10. The van der Waals surface area contributed by atoms with Gasteiger partial charge in [0.05, 0.1) is 18.6 Å². The van der Waals surface area contributed by atoms with Crippen molar-refractivity contribution in [3.63, 3.8) is 0 Å². The van der Waals surface area contributed by atoms with E-state index in [-0.39, 0.29) is 23.3 Å². The zero-order valence-electron chi connectivity index (χ0n) is 10.8. The van der Waals surface area contributed by atoms with Crippen LogP contribution in [-0.4, -0.2) is 30.5 Å². The molecule has 1 aliphatic rings. The molecule has 1 unspecified atom stereocenters. The topological polar surface area (TPSA) is 59.5 Å². The fraction of sp³-hybridized carbons (Fsp3) is 0.417. The number of ether oxygens (including phenoxy) is 1. The number of alkyl halides is 3. The fourth-order valence-corrected chi connectivity index (χ4v) is 2.49. The number of aromatic nitrogens is 1. The molecule has 2 rings (SSSR count). The minimum Gasteiger partial charge on any atom is -0.469 e. The van der Waals surface area contributed by atoms with Crippen molar-refractivity contribution in [3.05, 3.63) is 22.3 Å². The number of hydrogen-bond acceptors (Lipinski definition) is 4. The van der Waals surface area contributed by atoms with Gasteiger partial charge in [0.2, 0.25) is 5.91 Å². The van der Waals surface area contributed by atoms with Gasteiger partial charge < -0.3 is 4.74 Å². The summed E-state index contributed by atoms with van der Waals surface area (Å²) in [6, 6.07) is 0.779. The van der Waals surface area contributed by atoms with Gasteiger partial charge in [-0.05, 0) is 22.0 Å². The Morgan fingerprint density at radius 2 is 2.19 bits per heavy atom. The summed E-state index contributed by atoms with van der Waals surface area (Å²) in [6.45, 7) is -0.0442. The van der Waals surface area contributed by atoms with Crippen molar-refractivity contribution in [2.75, 3.05) is 18.6 Å². The first-order chi connectivity index (χ1) is 9.74. The molecule has 1 aromatic heterocycles. The molecule has 1 fully saturated rings. The number of carbonyl (C=O) groups excluding carboxylic acids is 2. The molecule has 114 valence electrons. The van der Waals surface area contributed by atoms with E-state index in [1.807, 2.05) is 0 Å². The first-order valence-corrected chi connectivity index (χ1v) is 6.64. The number of methoxy groups -OCH3 is 1. The fourth-order valence-electron chi connectivity index (χ4n) is 2.05. The van der Waals surface area contributed by atoms with Gasteiger partial charge in [-0.3, -0.25) is 14.5 Å². The lowest BCUT2D eigenvalue weighted by atomic mass is 10.1. The van der Waals surface area contributed by atoms with E-state index in [4.69, 9.17) is 0 Å². The molecular weight excluding hydrogens is 357 g/mol. The van der Waals surface area contributed by atoms with E-state index >= 15 is 0 Å². The van der Waals surface area contributed by atoms with Gasteiger partial charge in [0.25, 0.3) is 0 Å². The summed E-state index contributed by atoms with van der Waals surface area (Å²) in [4.78, 5) is 28.1. The molecule has 0 aromatic carbocycles. The van der Waals surface area contributed by atoms with Crippen molar-refractivity contribution in [2.24, 2.45) is 5.92 Å². The normalized spacial score (nSPS) is 19.0. The van der Waals surface area contributed by atoms with Crippen molar-refractivity contribution in [1.29, 1.82) is 0 Å². The maximum Gasteiger partial charge on any atom is 0.417 e. The number of nitrogens with zero attached hydrogens (tertiary/aromatic N) is 2. The maximum atomic E-state index is 12.8. The zero-order chi connectivity index (χ0) is 15.8. The molecule has 0 N–H and O–H groups in total. The monoisotopic (exact) mass is 366 g/mol. The van der Waals surface area contributed by atoms with Crippen LogP contribution in [0.25, 0.3) is 0 Å². The standard InChI is InChI=1S/C12H10BrF3N2O3/c1-21-11(20)6-2-10(19)18(5-6)9-3-7(12(14,15)16)8(13)4-17-9/h3-4,6H,2,5H2,1H3. The van der Waals surface area contributed by atoms with Crippen molar-refractivity contribution >= 4 is 33.6 Å². The maximum absolute atomic E-state index is 12.8. The van der Waals surface area contributed by atoms with E-state index in [2.05, 4.69) is 25.7 Å². The van der Waals surface area contributed by atoms with Gasteiger partial charge in [0.15, 0.2) is 0 Å². The van der Waals surface area contributed by atoms with Gasteiger partial charge in [0.1, 0.15) is 5.82 Å². The van der Waals surface area contributed by atoms with Gasteiger partial charge in [0, 0.05) is 23.6 Å². The highest BCUT2D eigenvalue weighted by Gasteiger charge is 2.38. The number of anilines is 1. The Kier molecular flexibility index (Phi) is 4.22. The van der Waals surface area contributed by atoms with E-state index in [0.717, 1.165) is 17.2 Å². The Balaban J connectivity index is 2.31. The van der Waals surface area contributed by atoms with Crippen molar-refractivity contribution < 1.29 is 27.5 Å². The van der Waals surface area contributed by atoms with E-state index in [9.17, 15) is 22.8 Å². The number of esters is 1. The van der Waals surface area contributed by atoms with Crippen LogP contribution < -0.4 is 4.90 Å². The second-order valence-corrected chi connectivity index (χ2v) is 5.30. The number of pyridine rings is 1. The molecule has 1 aromatic rings. The minimum atomic E-state index is -4.57. The van der Waals surface area contributed by atoms with Crippen LogP contribution in [0.2, 0.25) is 0 Å². The predicted octanol–water partition coefficient (Wildman–Crippen LogP) is 2.39. The summed E-state index contributed by atoms with van der Waals surface area (Å²) < 4.78 is 42.8. The summed E-state index contributed by atoms with van der Waals surface area (Å²) in [5.41, 5.74) is -0.929. The smallest absolute Gasteiger partial charge is 0.417 e. The molecule has 1 amide bonds. The molecule has 1 aliphatic heterocycles. The summed E-state index contributed by atoms with van der Waals surface area (Å²) in [5.74, 6) is -1.86. The second kappa shape index (κ2) is 5.63. The van der Waals surface area contributed by atoms with Gasteiger partial charge in [-0.2, -0.15) is 13.2 Å². The van der Waals surface area contributed by atoms with Crippen LogP contribution in [0.15, 0.2) is 16.7 Å². The lowest BCUT2D eigenvalue weighted by molar-refractivity contribution is -0.145. The summed E-state index contributed by atoms with van der Waals surface area (Å²) in [6.07, 6.45) is -3.69. The number of rotatable bonds is 2. The summed E-state index contributed by atoms with van der Waals surface area (Å²) in [5, 5.41) is 0. The first kappa shape index (κ1) is 15.7. The molecule has 1 atom stereocenters. The molecule has 2 heterocycles. The summed E-state index contributed by atoms with van der Waals surface area (Å²) in [7, 11) is 1.19. The van der Waals surface area contributed by atoms with E-state index < -0.39 is 29.5 Å². The van der Waals surface area contributed by atoms with E-state index in [1.165, 1.54) is 7.11 Å². The SMILES string of the molecule is COC(=O)C1CC(=O)N(c2cc(C(F)(F)F)c(Br)cn2)C1. The van der Waals surface area contributed by atoms with Crippen molar-refractivity contribution in [3.8, 4) is 0 Å². The van der Waals surface area contributed by atoms with Crippen molar-refractivity contribution in [1.82, 2.24) is 4.98 Å². The first-order valence-electron chi connectivity index (χ1n) is 5.85. The van der Waals surface area contributed by atoms with Gasteiger partial charge in [-0.15, -0.1) is 0 Å². The highest BCUT2D eigenvalue weighted by atomic mass is 79.9. The molecule has 0 saturated carbocycles. The Morgan fingerprint density at radius 3 is 2.76 bits per heavy atom. The van der Waals surface area contributed by atoms with Crippen molar-refractivity contribution in [2.45, 2.75) is 12.6 Å². The van der Waals surface area contributed by atoms with Crippen LogP contribution in [0, 0.1) is 5.92 Å². The third-order valence-electron chi connectivity index (χ3n) is 3.08. The summed E-state index contributed by atoms with van der Waals surface area (Å²) >= 11 is 2.78. The molecule has 21 heavy (non-hydrogen) atoms. The predicted molar refractivity (Wildman–Crippen MR) is 69.4 cm³/mol. The highest BCUT2D eigenvalue weighted by Crippen LogP contribution is 2.37. The average Bonchev–Trinajstić information content (AvgIpc) is 2.79. The molecule has 1 saturated heterocycles. The van der Waals surface area contributed by atoms with Crippen LogP contribution in [0.4, 0.5) is 19.0 Å². The van der Waals surface area contributed by atoms with Crippen LogP contribution in [-0.2, 0) is 20.5 Å². The molecular formula is C12H10BrF3N2O3. The Labute approximate surface area is 126 Å². The van der Waals surface area contributed by atoms with E-state index in [0.29, 0.717) is 0 Å².